The van der Waals surface area contributed by atoms with E-state index in [-0.39, 0.29) is 0 Å². The Bertz CT molecular complexity index is 4130. The summed E-state index contributed by atoms with van der Waals surface area (Å²) in [4.78, 5) is 15.9. The largest absolute Gasteiger partial charge is 0.308 e. The van der Waals surface area contributed by atoms with Gasteiger partial charge in [-0.1, -0.05) is 164 Å². The summed E-state index contributed by atoms with van der Waals surface area (Å²) in [5, 5.41) is 14.8. The average Bonchev–Trinajstić information content (AvgIpc) is 4.02. The number of thiophene rings is 1. The molecule has 0 saturated heterocycles. The lowest BCUT2D eigenvalue weighted by molar-refractivity contribution is 0.955. The Kier molecular flexibility index (Phi) is 7.21. The standard InChI is InChI=1S/C57H33N5S/c1-4-18-34(19-5-1)55-58-56(35-20-6-2-7-21-35)60-57(59-55)62-46-30-16-14-28-41(46)49-52-51(54-50(53(49)62)42-29-15-17-31-48(42)63-54)45-32-43-39-26-12-10-24-37(39)38-25-11-13-27-40(38)44(43)33-47(45)61(52)36-22-8-3-9-23-36/h1-33H. The van der Waals surface area contributed by atoms with Crippen molar-refractivity contribution in [3.8, 4) is 34.4 Å². The first kappa shape index (κ1) is 34.5. The summed E-state index contributed by atoms with van der Waals surface area (Å²) < 4.78 is 7.32. The third-order valence-electron chi connectivity index (χ3n) is 12.9. The molecule has 0 aliphatic rings. The van der Waals surface area contributed by atoms with Crippen LogP contribution >= 0.6 is 11.3 Å². The molecule has 4 heterocycles. The molecule has 0 fully saturated rings. The van der Waals surface area contributed by atoms with Crippen molar-refractivity contribution in [2.75, 3.05) is 0 Å². The summed E-state index contributed by atoms with van der Waals surface area (Å²) >= 11 is 1.87. The van der Waals surface area contributed by atoms with Crippen LogP contribution < -0.4 is 0 Å². The van der Waals surface area contributed by atoms with Gasteiger partial charge < -0.3 is 4.57 Å². The first-order valence-corrected chi connectivity index (χ1v) is 22.1. The fourth-order valence-electron chi connectivity index (χ4n) is 10.3. The molecule has 63 heavy (non-hydrogen) atoms. The van der Waals surface area contributed by atoms with E-state index in [1.807, 2.05) is 47.7 Å². The Balaban J connectivity index is 1.25. The molecular weight excluding hydrogens is 787 g/mol. The van der Waals surface area contributed by atoms with Crippen molar-refractivity contribution < 1.29 is 0 Å². The van der Waals surface area contributed by atoms with E-state index in [4.69, 9.17) is 15.0 Å². The van der Waals surface area contributed by atoms with Crippen molar-refractivity contribution in [1.29, 1.82) is 0 Å². The maximum absolute atomic E-state index is 5.38. The SMILES string of the molecule is c1ccc(-c2nc(-c3ccccc3)nc(-n3c4ccccc4c4c5c(c6cc7c8ccccc8c8ccccc8c7cc6n5-c5ccccc5)c5sc6ccccc6c5c43)n2)cc1. The number of aromatic nitrogens is 5. The second kappa shape index (κ2) is 13.2. The molecule has 0 N–H and O–H groups in total. The van der Waals surface area contributed by atoms with Gasteiger partial charge in [0.2, 0.25) is 5.95 Å². The molecule has 0 spiro atoms. The highest BCUT2D eigenvalue weighted by Gasteiger charge is 2.28. The molecule has 0 aliphatic carbocycles. The molecule has 292 valence electrons. The van der Waals surface area contributed by atoms with E-state index in [1.165, 1.54) is 79.7 Å². The van der Waals surface area contributed by atoms with Crippen molar-refractivity contribution in [1.82, 2.24) is 24.1 Å². The van der Waals surface area contributed by atoms with Gasteiger partial charge in [-0.05, 0) is 68.7 Å². The Morgan fingerprint density at radius 1 is 0.333 bits per heavy atom. The molecule has 0 saturated carbocycles. The summed E-state index contributed by atoms with van der Waals surface area (Å²) in [5.74, 6) is 1.83. The molecule has 6 heteroatoms. The summed E-state index contributed by atoms with van der Waals surface area (Å²) in [7, 11) is 0. The highest BCUT2D eigenvalue weighted by Crippen LogP contribution is 2.52. The van der Waals surface area contributed by atoms with Crippen molar-refractivity contribution >= 4 is 107 Å². The summed E-state index contributed by atoms with van der Waals surface area (Å²) in [6.45, 7) is 0. The fourth-order valence-corrected chi connectivity index (χ4v) is 11.5. The van der Waals surface area contributed by atoms with Gasteiger partial charge in [-0.2, -0.15) is 9.97 Å². The Labute approximate surface area is 364 Å². The topological polar surface area (TPSA) is 48.5 Å². The molecule has 0 unspecified atom stereocenters. The molecule has 14 rings (SSSR count). The van der Waals surface area contributed by atoms with Crippen molar-refractivity contribution in [2.45, 2.75) is 0 Å². The number of hydrogen-bond donors (Lipinski definition) is 0. The lowest BCUT2D eigenvalue weighted by Crippen LogP contribution is -2.06. The molecule has 10 aromatic carbocycles. The Morgan fingerprint density at radius 2 is 0.810 bits per heavy atom. The molecule has 0 radical (unpaired) electrons. The minimum atomic E-state index is 0.580. The smallest absolute Gasteiger partial charge is 0.238 e. The zero-order valence-electron chi connectivity index (χ0n) is 33.7. The van der Waals surface area contributed by atoms with Crippen LogP contribution in [0.1, 0.15) is 0 Å². The van der Waals surface area contributed by atoms with Crippen LogP contribution in [-0.4, -0.2) is 24.1 Å². The van der Waals surface area contributed by atoms with Crippen LogP contribution in [0.3, 0.4) is 0 Å². The average molecular weight is 820 g/mol. The summed E-state index contributed by atoms with van der Waals surface area (Å²) in [6.07, 6.45) is 0. The molecule has 0 bridgehead atoms. The van der Waals surface area contributed by atoms with Crippen molar-refractivity contribution in [3.63, 3.8) is 0 Å². The second-order valence-corrected chi connectivity index (χ2v) is 17.3. The van der Waals surface area contributed by atoms with Gasteiger partial charge in [0.25, 0.3) is 0 Å². The minimum Gasteiger partial charge on any atom is -0.308 e. The Hall–Kier alpha value is -8.19. The highest BCUT2D eigenvalue weighted by molar-refractivity contribution is 7.27. The number of para-hydroxylation sites is 2. The van der Waals surface area contributed by atoms with Crippen molar-refractivity contribution in [3.05, 3.63) is 200 Å². The summed E-state index contributed by atoms with van der Waals surface area (Å²) in [6, 6.07) is 71.7. The van der Waals surface area contributed by atoms with E-state index in [1.54, 1.807) is 0 Å². The van der Waals surface area contributed by atoms with Gasteiger partial charge >= 0.3 is 0 Å². The number of nitrogens with zero attached hydrogens (tertiary/aromatic N) is 5. The van der Waals surface area contributed by atoms with E-state index in [0.717, 1.165) is 33.2 Å². The monoisotopic (exact) mass is 819 g/mol. The lowest BCUT2D eigenvalue weighted by atomic mass is 9.93. The van der Waals surface area contributed by atoms with Gasteiger partial charge in [-0.3, -0.25) is 4.57 Å². The molecular formula is C57H33N5S. The third-order valence-corrected chi connectivity index (χ3v) is 14.1. The first-order chi connectivity index (χ1) is 31.3. The maximum Gasteiger partial charge on any atom is 0.238 e. The molecule has 0 amide bonds. The molecule has 0 atom stereocenters. The number of benzene rings is 10. The van der Waals surface area contributed by atoms with Crippen molar-refractivity contribution in [2.24, 2.45) is 0 Å². The van der Waals surface area contributed by atoms with Gasteiger partial charge in [-0.25, -0.2) is 4.98 Å². The maximum atomic E-state index is 5.38. The third kappa shape index (κ3) is 4.89. The fraction of sp³-hybridized carbons (Fsp3) is 0. The normalized spacial score (nSPS) is 12.1. The van der Waals surface area contributed by atoms with Crippen LogP contribution in [0.4, 0.5) is 0 Å². The first-order valence-electron chi connectivity index (χ1n) is 21.3. The van der Waals surface area contributed by atoms with Gasteiger partial charge in [-0.15, -0.1) is 11.3 Å². The molecule has 0 aliphatic heterocycles. The van der Waals surface area contributed by atoms with Crippen LogP contribution in [0.25, 0.3) is 131 Å². The van der Waals surface area contributed by atoms with E-state index < -0.39 is 0 Å². The van der Waals surface area contributed by atoms with Crippen LogP contribution in [0.5, 0.6) is 0 Å². The van der Waals surface area contributed by atoms with Gasteiger partial charge in [0.15, 0.2) is 11.6 Å². The minimum absolute atomic E-state index is 0.580. The van der Waals surface area contributed by atoms with Gasteiger partial charge in [0.1, 0.15) is 0 Å². The quantitative estimate of drug-likeness (QED) is 0.166. The molecule has 4 aromatic heterocycles. The van der Waals surface area contributed by atoms with Gasteiger partial charge in [0, 0.05) is 58.5 Å². The Morgan fingerprint density at radius 3 is 1.44 bits per heavy atom. The number of fused-ring (bicyclic) bond motifs is 18. The predicted octanol–water partition coefficient (Wildman–Crippen LogP) is 15.2. The van der Waals surface area contributed by atoms with E-state index in [2.05, 4.69) is 173 Å². The summed E-state index contributed by atoms with van der Waals surface area (Å²) in [5.41, 5.74) is 7.44. The zero-order valence-corrected chi connectivity index (χ0v) is 34.5. The highest BCUT2D eigenvalue weighted by atomic mass is 32.1. The number of hydrogen-bond acceptors (Lipinski definition) is 4. The van der Waals surface area contributed by atoms with Gasteiger partial charge in [0.05, 0.1) is 22.1 Å². The second-order valence-electron chi connectivity index (χ2n) is 16.3. The molecule has 5 nitrogen and oxygen atoms in total. The van der Waals surface area contributed by atoms with Crippen LogP contribution in [0.2, 0.25) is 0 Å². The molecule has 14 aromatic rings. The number of rotatable bonds is 4. The van der Waals surface area contributed by atoms with Crippen LogP contribution in [0, 0.1) is 0 Å². The van der Waals surface area contributed by atoms with E-state index >= 15 is 0 Å². The predicted molar refractivity (Wildman–Crippen MR) is 265 cm³/mol. The zero-order chi connectivity index (χ0) is 41.2. The van der Waals surface area contributed by atoms with Crippen LogP contribution in [0.15, 0.2) is 200 Å². The lowest BCUT2D eigenvalue weighted by Gasteiger charge is -2.13. The van der Waals surface area contributed by atoms with Crippen LogP contribution in [-0.2, 0) is 0 Å². The van der Waals surface area contributed by atoms with E-state index in [0.29, 0.717) is 17.6 Å². The van der Waals surface area contributed by atoms with E-state index in [9.17, 15) is 0 Å².